The van der Waals surface area contributed by atoms with Gasteiger partial charge in [0.25, 0.3) is 0 Å². The Morgan fingerprint density at radius 2 is 2.36 bits per heavy atom. The highest BCUT2D eigenvalue weighted by Gasteiger charge is 2.20. The summed E-state index contributed by atoms with van der Waals surface area (Å²) in [6.07, 6.45) is 2.66. The average Bonchev–Trinajstić information content (AvgIpc) is 2.52. The first-order chi connectivity index (χ1) is 6.47. The fraction of sp³-hybridized carbons (Fsp3) is 0.900. The molecule has 1 amide bonds. The Hall–Kier alpha value is -0.610. The minimum absolute atomic E-state index is 0.0374. The number of ether oxygens (including phenoxy) is 1. The third kappa shape index (κ3) is 4.58. The third-order valence-electron chi connectivity index (χ3n) is 2.18. The van der Waals surface area contributed by atoms with Crippen molar-refractivity contribution < 1.29 is 9.53 Å². The van der Waals surface area contributed by atoms with Gasteiger partial charge in [0.2, 0.25) is 5.91 Å². The molecule has 82 valence electrons. The molecule has 1 heterocycles. The van der Waals surface area contributed by atoms with Gasteiger partial charge in [0.1, 0.15) is 0 Å². The van der Waals surface area contributed by atoms with Crippen molar-refractivity contribution in [2.45, 2.75) is 44.8 Å². The normalized spacial score (nSPS) is 22.4. The molecule has 1 saturated heterocycles. The Morgan fingerprint density at radius 1 is 1.64 bits per heavy atom. The van der Waals surface area contributed by atoms with E-state index in [2.05, 4.69) is 5.32 Å². The number of hydrogen-bond donors (Lipinski definition) is 2. The number of nitrogens with two attached hydrogens (primary N) is 1. The summed E-state index contributed by atoms with van der Waals surface area (Å²) in [6.45, 7) is 5.08. The predicted molar refractivity (Wildman–Crippen MR) is 54.9 cm³/mol. The molecule has 1 aliphatic heterocycles. The zero-order chi connectivity index (χ0) is 10.6. The lowest BCUT2D eigenvalue weighted by atomic mass is 10.1. The molecule has 0 spiro atoms. The lowest BCUT2D eigenvalue weighted by Gasteiger charge is -2.19. The largest absolute Gasteiger partial charge is 0.378 e. The fourth-order valence-corrected chi connectivity index (χ4v) is 1.41. The monoisotopic (exact) mass is 200 g/mol. The molecule has 0 aliphatic carbocycles. The molecule has 0 saturated carbocycles. The van der Waals surface area contributed by atoms with Crippen LogP contribution in [0.2, 0.25) is 0 Å². The first-order valence-electron chi connectivity index (χ1n) is 5.14. The maximum Gasteiger partial charge on any atom is 0.222 e. The number of nitrogens with one attached hydrogen (secondary N) is 1. The van der Waals surface area contributed by atoms with Gasteiger partial charge in [-0.25, -0.2) is 0 Å². The van der Waals surface area contributed by atoms with Crippen LogP contribution in [-0.2, 0) is 9.53 Å². The SMILES string of the molecule is CC(C)(N)CNC(=O)CC1CCCO1. The van der Waals surface area contributed by atoms with Crippen LogP contribution in [0.25, 0.3) is 0 Å². The molecular formula is C10H20N2O2. The van der Waals surface area contributed by atoms with Crippen molar-refractivity contribution >= 4 is 5.91 Å². The van der Waals surface area contributed by atoms with E-state index >= 15 is 0 Å². The first-order valence-corrected chi connectivity index (χ1v) is 5.14. The summed E-state index contributed by atoms with van der Waals surface area (Å²) in [6, 6.07) is 0. The van der Waals surface area contributed by atoms with Gasteiger partial charge in [-0.05, 0) is 26.7 Å². The van der Waals surface area contributed by atoms with Crippen LogP contribution in [0.4, 0.5) is 0 Å². The zero-order valence-corrected chi connectivity index (χ0v) is 9.01. The van der Waals surface area contributed by atoms with Crippen LogP contribution in [0, 0.1) is 0 Å². The highest BCUT2D eigenvalue weighted by atomic mass is 16.5. The van der Waals surface area contributed by atoms with Gasteiger partial charge in [-0.1, -0.05) is 0 Å². The van der Waals surface area contributed by atoms with Crippen molar-refractivity contribution in [1.29, 1.82) is 0 Å². The predicted octanol–water partition coefficient (Wildman–Crippen LogP) is 0.409. The minimum atomic E-state index is -0.341. The molecule has 4 nitrogen and oxygen atoms in total. The van der Waals surface area contributed by atoms with Gasteiger partial charge in [0.05, 0.1) is 12.5 Å². The summed E-state index contributed by atoms with van der Waals surface area (Å²) in [5, 5.41) is 2.81. The molecule has 1 fully saturated rings. The van der Waals surface area contributed by atoms with E-state index in [1.54, 1.807) is 0 Å². The van der Waals surface area contributed by atoms with Gasteiger partial charge in [-0.15, -0.1) is 0 Å². The van der Waals surface area contributed by atoms with Crippen LogP contribution in [0.5, 0.6) is 0 Å². The minimum Gasteiger partial charge on any atom is -0.378 e. The topological polar surface area (TPSA) is 64.3 Å². The molecule has 14 heavy (non-hydrogen) atoms. The summed E-state index contributed by atoms with van der Waals surface area (Å²) in [5.74, 6) is 0.0374. The van der Waals surface area contributed by atoms with Crippen molar-refractivity contribution in [3.8, 4) is 0 Å². The van der Waals surface area contributed by atoms with E-state index in [9.17, 15) is 4.79 Å². The first kappa shape index (κ1) is 11.5. The Labute approximate surface area is 85.2 Å². The summed E-state index contributed by atoms with van der Waals surface area (Å²) < 4.78 is 5.36. The lowest BCUT2D eigenvalue weighted by Crippen LogP contribution is -2.45. The number of carbonyl (C=O) groups excluding carboxylic acids is 1. The zero-order valence-electron chi connectivity index (χ0n) is 9.01. The molecule has 0 bridgehead atoms. The second kappa shape index (κ2) is 4.75. The van der Waals surface area contributed by atoms with E-state index in [1.165, 1.54) is 0 Å². The number of carbonyl (C=O) groups is 1. The van der Waals surface area contributed by atoms with Gasteiger partial charge >= 0.3 is 0 Å². The summed E-state index contributed by atoms with van der Waals surface area (Å²) >= 11 is 0. The van der Waals surface area contributed by atoms with E-state index in [4.69, 9.17) is 10.5 Å². The lowest BCUT2D eigenvalue weighted by molar-refractivity contribution is -0.123. The van der Waals surface area contributed by atoms with Crippen molar-refractivity contribution in [1.82, 2.24) is 5.32 Å². The molecule has 0 aromatic carbocycles. The Balaban J connectivity index is 2.15. The second-order valence-electron chi connectivity index (χ2n) is 4.60. The molecule has 1 unspecified atom stereocenters. The summed E-state index contributed by atoms with van der Waals surface area (Å²) in [7, 11) is 0. The van der Waals surface area contributed by atoms with Crippen molar-refractivity contribution in [3.63, 3.8) is 0 Å². The van der Waals surface area contributed by atoms with Crippen LogP contribution in [-0.4, -0.2) is 30.7 Å². The second-order valence-corrected chi connectivity index (χ2v) is 4.60. The van der Waals surface area contributed by atoms with Crippen molar-refractivity contribution in [2.24, 2.45) is 5.73 Å². The van der Waals surface area contributed by atoms with Gasteiger partial charge in [0, 0.05) is 18.7 Å². The smallest absolute Gasteiger partial charge is 0.222 e. The van der Waals surface area contributed by atoms with Crippen LogP contribution in [0.15, 0.2) is 0 Å². The van der Waals surface area contributed by atoms with E-state index in [-0.39, 0.29) is 17.6 Å². The Kier molecular flexibility index (Phi) is 3.89. The summed E-state index contributed by atoms with van der Waals surface area (Å²) in [5.41, 5.74) is 5.40. The molecule has 1 rings (SSSR count). The Bertz CT molecular complexity index is 193. The van der Waals surface area contributed by atoms with Gasteiger partial charge in [-0.3, -0.25) is 4.79 Å². The summed E-state index contributed by atoms with van der Waals surface area (Å²) in [4.78, 5) is 11.4. The van der Waals surface area contributed by atoms with Gasteiger partial charge in [-0.2, -0.15) is 0 Å². The maximum atomic E-state index is 11.4. The van der Waals surface area contributed by atoms with Crippen LogP contribution < -0.4 is 11.1 Å². The molecule has 1 aliphatic rings. The molecule has 4 heteroatoms. The highest BCUT2D eigenvalue weighted by molar-refractivity contribution is 5.76. The molecular weight excluding hydrogens is 180 g/mol. The van der Waals surface area contributed by atoms with Gasteiger partial charge < -0.3 is 15.8 Å². The molecule has 3 N–H and O–H groups in total. The van der Waals surface area contributed by atoms with Crippen LogP contribution >= 0.6 is 0 Å². The highest BCUT2D eigenvalue weighted by Crippen LogP contribution is 2.14. The average molecular weight is 200 g/mol. The standard InChI is InChI=1S/C10H20N2O2/c1-10(2,11)7-12-9(13)6-8-4-3-5-14-8/h8H,3-7,11H2,1-2H3,(H,12,13). The molecule has 0 radical (unpaired) electrons. The fourth-order valence-electron chi connectivity index (χ4n) is 1.41. The molecule has 1 atom stereocenters. The van der Waals surface area contributed by atoms with Crippen molar-refractivity contribution in [2.75, 3.05) is 13.2 Å². The number of hydrogen-bond acceptors (Lipinski definition) is 3. The molecule has 0 aromatic rings. The molecule has 0 aromatic heterocycles. The van der Waals surface area contributed by atoms with E-state index < -0.39 is 0 Å². The van der Waals surface area contributed by atoms with Crippen molar-refractivity contribution in [3.05, 3.63) is 0 Å². The van der Waals surface area contributed by atoms with Gasteiger partial charge in [0.15, 0.2) is 0 Å². The van der Waals surface area contributed by atoms with E-state index in [0.29, 0.717) is 13.0 Å². The van der Waals surface area contributed by atoms with Crippen LogP contribution in [0.1, 0.15) is 33.1 Å². The quantitative estimate of drug-likeness (QED) is 0.691. The maximum absolute atomic E-state index is 11.4. The van der Waals surface area contributed by atoms with E-state index in [0.717, 1.165) is 19.4 Å². The van der Waals surface area contributed by atoms with Crippen LogP contribution in [0.3, 0.4) is 0 Å². The number of amides is 1. The number of rotatable bonds is 4. The van der Waals surface area contributed by atoms with E-state index in [1.807, 2.05) is 13.8 Å². The Morgan fingerprint density at radius 3 is 2.86 bits per heavy atom. The third-order valence-corrected chi connectivity index (χ3v) is 2.18.